The second kappa shape index (κ2) is 8.98. The Morgan fingerprint density at radius 2 is 1.95 bits per heavy atom. The predicted molar refractivity (Wildman–Crippen MR) is 93.5 cm³/mol. The number of rotatable bonds is 6. The maximum atomic E-state index is 12.5. The molecule has 1 heterocycles. The molecule has 2 rings (SSSR count). The Labute approximate surface area is 145 Å². The van der Waals surface area contributed by atoms with E-state index in [2.05, 4.69) is 28.1 Å². The van der Waals surface area contributed by atoms with Gasteiger partial charge in [0.15, 0.2) is 10.4 Å². The number of amides is 1. The van der Waals surface area contributed by atoms with Crippen LogP contribution in [0.5, 0.6) is 0 Å². The molecule has 0 unspecified atom stereocenters. The van der Waals surface area contributed by atoms with Crippen molar-refractivity contribution >= 4 is 34.2 Å². The van der Waals surface area contributed by atoms with Crippen LogP contribution in [0.25, 0.3) is 0 Å². The Morgan fingerprint density at radius 1 is 1.27 bits per heavy atom. The molecular formula is C16H20BrClN2O2. The summed E-state index contributed by atoms with van der Waals surface area (Å²) in [6.07, 6.45) is 0.799. The van der Waals surface area contributed by atoms with E-state index in [9.17, 15) is 4.79 Å². The Morgan fingerprint density at radius 3 is 2.50 bits per heavy atom. The van der Waals surface area contributed by atoms with Gasteiger partial charge in [-0.3, -0.25) is 4.79 Å². The van der Waals surface area contributed by atoms with Gasteiger partial charge in [0, 0.05) is 25.2 Å². The fraction of sp³-hybridized carbons (Fsp3) is 0.312. The standard InChI is InChI=1S/C16H19BrN2O2.ClH/c1-12-11-14(17)21-15(12)16(20)19(10-8-18)9-7-13-5-3-2-4-6-13;/h2-6,11H,7-10,18H2,1H3;1H. The summed E-state index contributed by atoms with van der Waals surface area (Å²) in [5, 5.41) is 0. The lowest BCUT2D eigenvalue weighted by Crippen LogP contribution is -2.37. The summed E-state index contributed by atoms with van der Waals surface area (Å²) >= 11 is 3.25. The summed E-state index contributed by atoms with van der Waals surface area (Å²) in [4.78, 5) is 14.3. The first-order valence-electron chi connectivity index (χ1n) is 6.91. The van der Waals surface area contributed by atoms with Crippen LogP contribution in [0, 0.1) is 6.92 Å². The molecule has 4 nitrogen and oxygen atoms in total. The average Bonchev–Trinajstić information content (AvgIpc) is 2.82. The second-order valence-corrected chi connectivity index (χ2v) is 5.66. The monoisotopic (exact) mass is 386 g/mol. The number of aryl methyl sites for hydroxylation is 1. The van der Waals surface area contributed by atoms with Crippen molar-refractivity contribution in [1.82, 2.24) is 4.90 Å². The third-order valence-corrected chi connectivity index (χ3v) is 3.67. The number of nitrogens with zero attached hydrogens (tertiary/aromatic N) is 1. The Bertz CT molecular complexity index is 601. The van der Waals surface area contributed by atoms with Crippen LogP contribution in [0.1, 0.15) is 21.7 Å². The van der Waals surface area contributed by atoms with E-state index in [1.807, 2.05) is 25.1 Å². The molecule has 2 aromatic rings. The average molecular weight is 388 g/mol. The summed E-state index contributed by atoms with van der Waals surface area (Å²) < 4.78 is 6.01. The van der Waals surface area contributed by atoms with Gasteiger partial charge in [-0.15, -0.1) is 12.4 Å². The van der Waals surface area contributed by atoms with Crippen molar-refractivity contribution in [2.24, 2.45) is 5.73 Å². The molecule has 0 saturated carbocycles. The van der Waals surface area contributed by atoms with E-state index in [1.54, 1.807) is 11.0 Å². The first kappa shape index (κ1) is 18.7. The molecule has 0 bridgehead atoms. The maximum Gasteiger partial charge on any atom is 0.289 e. The number of carbonyl (C=O) groups excluding carboxylic acids is 1. The van der Waals surface area contributed by atoms with Crippen molar-refractivity contribution in [3.8, 4) is 0 Å². The highest BCUT2D eigenvalue weighted by Gasteiger charge is 2.21. The summed E-state index contributed by atoms with van der Waals surface area (Å²) in [6, 6.07) is 11.9. The zero-order valence-electron chi connectivity index (χ0n) is 12.4. The first-order chi connectivity index (χ1) is 10.1. The van der Waals surface area contributed by atoms with E-state index in [-0.39, 0.29) is 18.3 Å². The second-order valence-electron chi connectivity index (χ2n) is 4.88. The molecule has 0 radical (unpaired) electrons. The van der Waals surface area contributed by atoms with E-state index in [1.165, 1.54) is 5.56 Å². The largest absolute Gasteiger partial charge is 0.444 e. The Kier molecular flexibility index (Phi) is 7.65. The molecule has 22 heavy (non-hydrogen) atoms. The molecule has 0 aliphatic heterocycles. The molecule has 0 aliphatic rings. The van der Waals surface area contributed by atoms with Crippen molar-refractivity contribution in [2.45, 2.75) is 13.3 Å². The van der Waals surface area contributed by atoms with Crippen LogP contribution in [-0.2, 0) is 6.42 Å². The van der Waals surface area contributed by atoms with Gasteiger partial charge in [-0.1, -0.05) is 30.3 Å². The van der Waals surface area contributed by atoms with Crippen LogP contribution in [0.4, 0.5) is 0 Å². The first-order valence-corrected chi connectivity index (χ1v) is 7.70. The molecule has 1 aromatic carbocycles. The zero-order valence-corrected chi connectivity index (χ0v) is 14.8. The van der Waals surface area contributed by atoms with Gasteiger partial charge in [0.1, 0.15) is 0 Å². The Hall–Kier alpha value is -1.30. The normalized spacial score (nSPS) is 10.1. The lowest BCUT2D eigenvalue weighted by atomic mass is 10.1. The molecule has 0 atom stereocenters. The minimum Gasteiger partial charge on any atom is -0.444 e. The van der Waals surface area contributed by atoms with E-state index < -0.39 is 0 Å². The van der Waals surface area contributed by atoms with Crippen molar-refractivity contribution in [2.75, 3.05) is 19.6 Å². The number of hydrogen-bond donors (Lipinski definition) is 1. The molecule has 1 aromatic heterocycles. The van der Waals surface area contributed by atoms with Crippen molar-refractivity contribution in [1.29, 1.82) is 0 Å². The van der Waals surface area contributed by atoms with E-state index >= 15 is 0 Å². The van der Waals surface area contributed by atoms with Gasteiger partial charge in [0.25, 0.3) is 5.91 Å². The third-order valence-electron chi connectivity index (χ3n) is 3.28. The lowest BCUT2D eigenvalue weighted by molar-refractivity contribution is 0.0727. The number of furan rings is 1. The minimum absolute atomic E-state index is 0. The number of carbonyl (C=O) groups is 1. The number of nitrogens with two attached hydrogens (primary N) is 1. The Balaban J connectivity index is 0.00000242. The van der Waals surface area contributed by atoms with Gasteiger partial charge in [0.2, 0.25) is 0 Å². The van der Waals surface area contributed by atoms with Crippen molar-refractivity contribution < 1.29 is 9.21 Å². The van der Waals surface area contributed by atoms with Crippen molar-refractivity contribution in [3.05, 3.63) is 58.0 Å². The summed E-state index contributed by atoms with van der Waals surface area (Å²) in [7, 11) is 0. The summed E-state index contributed by atoms with van der Waals surface area (Å²) in [6.45, 7) is 3.43. The number of halogens is 2. The maximum absolute atomic E-state index is 12.5. The summed E-state index contributed by atoms with van der Waals surface area (Å²) in [5.41, 5.74) is 7.65. The highest BCUT2D eigenvalue weighted by atomic mass is 79.9. The smallest absolute Gasteiger partial charge is 0.289 e. The fourth-order valence-corrected chi connectivity index (χ4v) is 2.68. The van der Waals surface area contributed by atoms with Gasteiger partial charge in [-0.05, 0) is 40.9 Å². The van der Waals surface area contributed by atoms with Crippen molar-refractivity contribution in [3.63, 3.8) is 0 Å². The van der Waals surface area contributed by atoms with E-state index in [0.717, 1.165) is 12.0 Å². The SMILES string of the molecule is Cc1cc(Br)oc1C(=O)N(CCN)CCc1ccccc1.Cl. The highest BCUT2D eigenvalue weighted by molar-refractivity contribution is 9.10. The van der Waals surface area contributed by atoms with Gasteiger partial charge in [-0.25, -0.2) is 0 Å². The molecule has 6 heteroatoms. The minimum atomic E-state index is -0.111. The van der Waals surface area contributed by atoms with Crippen LogP contribution in [0.15, 0.2) is 45.5 Å². The fourth-order valence-electron chi connectivity index (χ4n) is 2.18. The van der Waals surface area contributed by atoms with Gasteiger partial charge < -0.3 is 15.1 Å². The quantitative estimate of drug-likeness (QED) is 0.826. The van der Waals surface area contributed by atoms with Crippen LogP contribution >= 0.6 is 28.3 Å². The molecule has 120 valence electrons. The summed E-state index contributed by atoms with van der Waals surface area (Å²) in [5.74, 6) is 0.267. The third kappa shape index (κ3) is 4.87. The van der Waals surface area contributed by atoms with Crippen LogP contribution < -0.4 is 5.73 Å². The molecule has 2 N–H and O–H groups in total. The zero-order chi connectivity index (χ0) is 15.2. The van der Waals surface area contributed by atoms with Crippen LogP contribution in [-0.4, -0.2) is 30.4 Å². The molecule has 0 fully saturated rings. The highest BCUT2D eigenvalue weighted by Crippen LogP contribution is 2.21. The van der Waals surface area contributed by atoms with Gasteiger partial charge >= 0.3 is 0 Å². The molecular weight excluding hydrogens is 368 g/mol. The lowest BCUT2D eigenvalue weighted by Gasteiger charge is -2.21. The van der Waals surface area contributed by atoms with Crippen LogP contribution in [0.3, 0.4) is 0 Å². The number of hydrogen-bond acceptors (Lipinski definition) is 3. The van der Waals surface area contributed by atoms with Crippen LogP contribution in [0.2, 0.25) is 0 Å². The predicted octanol–water partition coefficient (Wildman–Crippen LogP) is 3.42. The van der Waals surface area contributed by atoms with E-state index in [0.29, 0.717) is 30.1 Å². The van der Waals surface area contributed by atoms with E-state index in [4.69, 9.17) is 10.2 Å². The molecule has 0 spiro atoms. The van der Waals surface area contributed by atoms with Gasteiger partial charge in [0.05, 0.1) is 0 Å². The molecule has 0 saturated heterocycles. The van der Waals surface area contributed by atoms with Gasteiger partial charge in [-0.2, -0.15) is 0 Å². The number of benzene rings is 1. The topological polar surface area (TPSA) is 59.5 Å². The molecule has 0 aliphatic carbocycles. The molecule has 1 amide bonds.